The predicted octanol–water partition coefficient (Wildman–Crippen LogP) is 6.90. The van der Waals surface area contributed by atoms with Gasteiger partial charge in [-0.1, -0.05) is 70.6 Å². The average Bonchev–Trinajstić information content (AvgIpc) is 3.04. The minimum atomic E-state index is 0.450. The molecule has 3 atom stereocenters. The molecule has 1 aliphatic heterocycles. The highest BCUT2D eigenvalue weighted by Crippen LogP contribution is 2.52. The summed E-state index contributed by atoms with van der Waals surface area (Å²) in [5.74, 6) is 1.28. The fourth-order valence-electron chi connectivity index (χ4n) is 4.78. The maximum Gasteiger partial charge on any atom is 0.0596 e. The molecule has 0 amide bonds. The molecule has 130 valence electrons. The molecule has 0 aromatic heterocycles. The number of allylic oxidation sites excluding steroid dienone is 5. The summed E-state index contributed by atoms with van der Waals surface area (Å²) in [7, 11) is 0. The van der Waals surface area contributed by atoms with E-state index >= 15 is 0 Å². The summed E-state index contributed by atoms with van der Waals surface area (Å²) < 4.78 is 1.21. The Balaban J connectivity index is 1.61. The zero-order valence-electron chi connectivity index (χ0n) is 14.7. The van der Waals surface area contributed by atoms with Crippen LogP contribution in [0.3, 0.4) is 0 Å². The lowest BCUT2D eigenvalue weighted by Crippen LogP contribution is -2.31. The summed E-state index contributed by atoms with van der Waals surface area (Å²) in [5.41, 5.74) is 5.53. The standard InChI is InChI=1S/C24H22BrN/c25-21-12-7-13-23-24(21)20-16-18(17-8-3-1-4-9-17)14-15-22(20)26(23)19-10-5-2-6-11-19/h1-8,10-13,16-18,22H,9,14-15H2. The molecule has 0 spiro atoms. The van der Waals surface area contributed by atoms with Crippen LogP contribution in [0, 0.1) is 11.8 Å². The van der Waals surface area contributed by atoms with Gasteiger partial charge >= 0.3 is 0 Å². The number of anilines is 2. The zero-order valence-corrected chi connectivity index (χ0v) is 16.3. The summed E-state index contributed by atoms with van der Waals surface area (Å²) in [5, 5.41) is 0. The molecule has 1 heterocycles. The number of halogens is 1. The Bertz CT molecular complexity index is 909. The number of para-hydroxylation sites is 1. The SMILES string of the molecule is Brc1cccc2c1C1=CC(C3C=CC=CC3)CCC1N2c1ccccc1. The molecule has 3 aliphatic rings. The number of rotatable bonds is 2. The Hall–Kier alpha value is -2.06. The molecule has 0 fully saturated rings. The van der Waals surface area contributed by atoms with Gasteiger partial charge in [0.2, 0.25) is 0 Å². The molecule has 2 aromatic carbocycles. The predicted molar refractivity (Wildman–Crippen MR) is 114 cm³/mol. The van der Waals surface area contributed by atoms with E-state index in [1.165, 1.54) is 46.2 Å². The molecular weight excluding hydrogens is 382 g/mol. The Morgan fingerprint density at radius 2 is 1.77 bits per heavy atom. The maximum atomic E-state index is 3.83. The highest BCUT2D eigenvalue weighted by Gasteiger charge is 2.39. The van der Waals surface area contributed by atoms with Crippen molar-refractivity contribution >= 4 is 32.9 Å². The van der Waals surface area contributed by atoms with Crippen molar-refractivity contribution in [2.24, 2.45) is 11.8 Å². The van der Waals surface area contributed by atoms with Crippen molar-refractivity contribution in [1.29, 1.82) is 0 Å². The van der Waals surface area contributed by atoms with E-state index < -0.39 is 0 Å². The summed E-state index contributed by atoms with van der Waals surface area (Å²) in [6.07, 6.45) is 15.3. The third kappa shape index (κ3) is 2.59. The van der Waals surface area contributed by atoms with Crippen molar-refractivity contribution in [2.45, 2.75) is 25.3 Å². The Morgan fingerprint density at radius 1 is 0.885 bits per heavy atom. The topological polar surface area (TPSA) is 3.24 Å². The van der Waals surface area contributed by atoms with Crippen LogP contribution in [-0.2, 0) is 0 Å². The van der Waals surface area contributed by atoms with Crippen LogP contribution in [0.2, 0.25) is 0 Å². The van der Waals surface area contributed by atoms with Gasteiger partial charge in [-0.2, -0.15) is 0 Å². The summed E-state index contributed by atoms with van der Waals surface area (Å²) in [4.78, 5) is 2.54. The van der Waals surface area contributed by atoms with E-state index in [4.69, 9.17) is 0 Å². The normalized spacial score (nSPS) is 26.4. The molecule has 0 saturated heterocycles. The second-order valence-corrected chi connectivity index (χ2v) is 8.29. The van der Waals surface area contributed by atoms with Gasteiger partial charge in [-0.25, -0.2) is 0 Å². The molecule has 5 rings (SSSR count). The maximum absolute atomic E-state index is 3.83. The number of hydrogen-bond donors (Lipinski definition) is 0. The smallest absolute Gasteiger partial charge is 0.0596 e. The van der Waals surface area contributed by atoms with Crippen LogP contribution in [0.25, 0.3) is 5.57 Å². The first-order valence-corrected chi connectivity index (χ1v) is 10.3. The van der Waals surface area contributed by atoms with Crippen LogP contribution in [-0.4, -0.2) is 6.04 Å². The van der Waals surface area contributed by atoms with Crippen molar-refractivity contribution in [3.05, 3.63) is 88.9 Å². The second-order valence-electron chi connectivity index (χ2n) is 7.43. The fourth-order valence-corrected chi connectivity index (χ4v) is 5.36. The lowest BCUT2D eigenvalue weighted by Gasteiger charge is -2.34. The molecular formula is C24H22BrN. The second kappa shape index (κ2) is 6.59. The van der Waals surface area contributed by atoms with E-state index in [-0.39, 0.29) is 0 Å². The van der Waals surface area contributed by atoms with Gasteiger partial charge in [0, 0.05) is 15.7 Å². The zero-order chi connectivity index (χ0) is 17.5. The Morgan fingerprint density at radius 3 is 2.58 bits per heavy atom. The summed E-state index contributed by atoms with van der Waals surface area (Å²) in [6, 6.07) is 17.9. The lowest BCUT2D eigenvalue weighted by atomic mass is 9.77. The minimum Gasteiger partial charge on any atom is -0.333 e. The first-order valence-electron chi connectivity index (χ1n) is 9.51. The number of hydrogen-bond acceptors (Lipinski definition) is 1. The van der Waals surface area contributed by atoms with Crippen LogP contribution >= 0.6 is 15.9 Å². The summed E-state index contributed by atoms with van der Waals surface area (Å²) in [6.45, 7) is 0. The molecule has 0 bridgehead atoms. The Kier molecular flexibility index (Phi) is 4.09. The minimum absolute atomic E-state index is 0.450. The van der Waals surface area contributed by atoms with Gasteiger partial charge in [0.25, 0.3) is 0 Å². The molecule has 0 radical (unpaired) electrons. The first kappa shape index (κ1) is 16.1. The van der Waals surface area contributed by atoms with Crippen LogP contribution in [0.4, 0.5) is 11.4 Å². The van der Waals surface area contributed by atoms with E-state index in [9.17, 15) is 0 Å². The van der Waals surface area contributed by atoms with Crippen LogP contribution in [0.1, 0.15) is 24.8 Å². The number of benzene rings is 2. The third-order valence-electron chi connectivity index (χ3n) is 5.98. The first-order chi connectivity index (χ1) is 12.8. The van der Waals surface area contributed by atoms with Crippen LogP contribution in [0.15, 0.2) is 83.4 Å². The van der Waals surface area contributed by atoms with E-state index in [2.05, 4.69) is 99.7 Å². The van der Waals surface area contributed by atoms with E-state index in [1.54, 1.807) is 0 Å². The van der Waals surface area contributed by atoms with Gasteiger partial charge in [-0.15, -0.1) is 0 Å². The average molecular weight is 404 g/mol. The molecule has 3 unspecified atom stereocenters. The summed E-state index contributed by atoms with van der Waals surface area (Å²) >= 11 is 3.83. The number of fused-ring (bicyclic) bond motifs is 3. The quantitative estimate of drug-likeness (QED) is 0.527. The number of nitrogens with zero attached hydrogens (tertiary/aromatic N) is 1. The van der Waals surface area contributed by atoms with Crippen molar-refractivity contribution in [3.8, 4) is 0 Å². The van der Waals surface area contributed by atoms with Gasteiger partial charge in [-0.05, 0) is 60.9 Å². The van der Waals surface area contributed by atoms with Gasteiger partial charge in [0.05, 0.1) is 11.7 Å². The molecule has 26 heavy (non-hydrogen) atoms. The van der Waals surface area contributed by atoms with Gasteiger partial charge < -0.3 is 4.90 Å². The van der Waals surface area contributed by atoms with Crippen molar-refractivity contribution in [3.63, 3.8) is 0 Å². The molecule has 0 saturated carbocycles. The van der Waals surface area contributed by atoms with Crippen molar-refractivity contribution in [1.82, 2.24) is 0 Å². The third-order valence-corrected chi connectivity index (χ3v) is 6.64. The van der Waals surface area contributed by atoms with E-state index in [1.807, 2.05) is 0 Å². The molecule has 2 aromatic rings. The van der Waals surface area contributed by atoms with Gasteiger partial charge in [-0.3, -0.25) is 0 Å². The van der Waals surface area contributed by atoms with Crippen LogP contribution < -0.4 is 4.90 Å². The van der Waals surface area contributed by atoms with E-state index in [0.717, 1.165) is 0 Å². The molecule has 2 heteroatoms. The lowest BCUT2D eigenvalue weighted by molar-refractivity contribution is 0.414. The van der Waals surface area contributed by atoms with Crippen molar-refractivity contribution < 1.29 is 0 Å². The van der Waals surface area contributed by atoms with E-state index in [0.29, 0.717) is 17.9 Å². The monoisotopic (exact) mass is 403 g/mol. The highest BCUT2D eigenvalue weighted by molar-refractivity contribution is 9.10. The molecule has 0 N–H and O–H groups in total. The Labute approximate surface area is 163 Å². The van der Waals surface area contributed by atoms with Gasteiger partial charge in [0.15, 0.2) is 0 Å². The largest absolute Gasteiger partial charge is 0.333 e. The van der Waals surface area contributed by atoms with Crippen LogP contribution in [0.5, 0.6) is 0 Å². The molecule has 1 nitrogen and oxygen atoms in total. The fraction of sp³-hybridized carbons (Fsp3) is 0.250. The highest BCUT2D eigenvalue weighted by atomic mass is 79.9. The molecule has 2 aliphatic carbocycles. The van der Waals surface area contributed by atoms with Gasteiger partial charge in [0.1, 0.15) is 0 Å². The van der Waals surface area contributed by atoms with Crippen molar-refractivity contribution in [2.75, 3.05) is 4.90 Å².